The number of ether oxygens (including phenoxy) is 1. The van der Waals surface area contributed by atoms with Crippen molar-refractivity contribution in [2.75, 3.05) is 23.4 Å². The summed E-state index contributed by atoms with van der Waals surface area (Å²) in [5.74, 6) is -0.0757. The Morgan fingerprint density at radius 3 is 2.47 bits per heavy atom. The van der Waals surface area contributed by atoms with E-state index in [1.807, 2.05) is 0 Å². The molecule has 15 heteroatoms. The van der Waals surface area contributed by atoms with Gasteiger partial charge in [0.15, 0.2) is 5.75 Å². The molecule has 0 saturated carbocycles. The third-order valence-electron chi connectivity index (χ3n) is 6.84. The van der Waals surface area contributed by atoms with E-state index in [0.29, 0.717) is 12.5 Å². The van der Waals surface area contributed by atoms with Crippen LogP contribution in [0.5, 0.6) is 5.75 Å². The average molecular weight is 610 g/mol. The molecule has 0 unspecified atom stereocenters. The van der Waals surface area contributed by atoms with Crippen molar-refractivity contribution in [3.05, 3.63) is 76.1 Å². The molecule has 0 fully saturated rings. The van der Waals surface area contributed by atoms with Crippen LogP contribution in [-0.4, -0.2) is 45.5 Å². The largest absolute Gasteiger partial charge is 0.488 e. The van der Waals surface area contributed by atoms with Crippen molar-refractivity contribution in [3.63, 3.8) is 0 Å². The Hall–Kier alpha value is -4.58. The van der Waals surface area contributed by atoms with Crippen molar-refractivity contribution < 1.29 is 46.1 Å². The first-order valence-corrected chi connectivity index (χ1v) is 13.0. The molecule has 0 aliphatic carbocycles. The summed E-state index contributed by atoms with van der Waals surface area (Å²) >= 11 is 0. The molecule has 0 spiro atoms. The number of aromatic nitrogens is 2. The number of nitrogens with zero attached hydrogens (tertiary/aromatic N) is 4. The fourth-order valence-electron chi connectivity index (χ4n) is 4.93. The number of nitriles is 1. The zero-order chi connectivity index (χ0) is 31.5. The lowest BCUT2D eigenvalue weighted by atomic mass is 9.89. The van der Waals surface area contributed by atoms with Crippen LogP contribution in [0.25, 0.3) is 0 Å². The normalized spacial score (nSPS) is 16.8. The summed E-state index contributed by atoms with van der Waals surface area (Å²) in [6.45, 7) is 1.16. The number of rotatable bonds is 8. The predicted octanol–water partition coefficient (Wildman–Crippen LogP) is 6.17. The van der Waals surface area contributed by atoms with Crippen LogP contribution in [0, 0.1) is 11.3 Å². The molecule has 228 valence electrons. The number of aliphatic hydroxyl groups excluding tert-OH is 1. The van der Waals surface area contributed by atoms with Gasteiger partial charge in [-0.3, -0.25) is 4.90 Å². The van der Waals surface area contributed by atoms with Gasteiger partial charge in [-0.15, -0.1) is 0 Å². The summed E-state index contributed by atoms with van der Waals surface area (Å²) in [4.78, 5) is 21.6. The van der Waals surface area contributed by atoms with Crippen molar-refractivity contribution in [3.8, 4) is 11.8 Å². The molecule has 0 radical (unpaired) electrons. The third kappa shape index (κ3) is 7.08. The lowest BCUT2D eigenvalue weighted by molar-refractivity contribution is -0.138. The van der Waals surface area contributed by atoms with Gasteiger partial charge in [0.05, 0.1) is 53.0 Å². The highest BCUT2D eigenvalue weighted by Crippen LogP contribution is 2.43. The molecule has 2 heterocycles. The van der Waals surface area contributed by atoms with Crippen LogP contribution in [0.3, 0.4) is 0 Å². The third-order valence-corrected chi connectivity index (χ3v) is 6.84. The van der Waals surface area contributed by atoms with E-state index < -0.39 is 41.7 Å². The Morgan fingerprint density at radius 2 is 1.86 bits per heavy atom. The van der Waals surface area contributed by atoms with Gasteiger partial charge in [-0.1, -0.05) is 6.92 Å². The maximum Gasteiger partial charge on any atom is 0.416 e. The number of amides is 1. The quantitative estimate of drug-likeness (QED) is 0.259. The molecule has 1 aromatic heterocycles. The van der Waals surface area contributed by atoms with E-state index in [4.69, 9.17) is 4.74 Å². The van der Waals surface area contributed by atoms with Gasteiger partial charge in [-0.25, -0.2) is 14.8 Å². The van der Waals surface area contributed by atoms with Crippen molar-refractivity contribution in [1.82, 2.24) is 9.97 Å². The monoisotopic (exact) mass is 609 g/mol. The Balaban J connectivity index is 1.76. The minimum Gasteiger partial charge on any atom is -0.488 e. The number of hydrogen-bond donors (Lipinski definition) is 3. The Bertz CT molecular complexity index is 1540. The smallest absolute Gasteiger partial charge is 0.416 e. The molecule has 1 amide bonds. The molecular weight excluding hydrogens is 584 g/mol. The average Bonchev–Trinajstić information content (AvgIpc) is 2.94. The molecule has 0 bridgehead atoms. The number of carbonyl (C=O) groups is 1. The van der Waals surface area contributed by atoms with Gasteiger partial charge < -0.3 is 20.3 Å². The summed E-state index contributed by atoms with van der Waals surface area (Å²) in [5, 5.41) is 31.2. The van der Waals surface area contributed by atoms with E-state index in [1.165, 1.54) is 12.3 Å². The minimum absolute atomic E-state index is 0.0300. The molecule has 2 aromatic carbocycles. The summed E-state index contributed by atoms with van der Waals surface area (Å²) < 4.78 is 86.5. The van der Waals surface area contributed by atoms with Crippen molar-refractivity contribution >= 4 is 17.7 Å². The summed E-state index contributed by atoms with van der Waals surface area (Å²) in [6.07, 6.45) is -9.37. The maximum atomic E-state index is 13.6. The van der Waals surface area contributed by atoms with Crippen LogP contribution in [0.1, 0.15) is 59.3 Å². The number of hydrogen-bond acceptors (Lipinski definition) is 7. The molecule has 3 aromatic rings. The van der Waals surface area contributed by atoms with Gasteiger partial charge >= 0.3 is 18.4 Å². The fourth-order valence-corrected chi connectivity index (χ4v) is 4.93. The van der Waals surface area contributed by atoms with Crippen LogP contribution in [0.2, 0.25) is 0 Å². The van der Waals surface area contributed by atoms with Gasteiger partial charge in [0.25, 0.3) is 0 Å². The number of halogens is 6. The fraction of sp³-hybridized carbons (Fsp3) is 0.357. The van der Waals surface area contributed by atoms with E-state index in [-0.39, 0.29) is 65.8 Å². The van der Waals surface area contributed by atoms with E-state index in [2.05, 4.69) is 15.3 Å². The van der Waals surface area contributed by atoms with Crippen molar-refractivity contribution in [2.24, 2.45) is 0 Å². The van der Waals surface area contributed by atoms with E-state index in [0.717, 1.165) is 29.2 Å². The second-order valence-corrected chi connectivity index (χ2v) is 9.70. The zero-order valence-corrected chi connectivity index (χ0v) is 22.5. The van der Waals surface area contributed by atoms with E-state index in [9.17, 15) is 46.6 Å². The van der Waals surface area contributed by atoms with E-state index in [1.54, 1.807) is 13.0 Å². The molecule has 9 nitrogen and oxygen atoms in total. The van der Waals surface area contributed by atoms with Gasteiger partial charge in [0, 0.05) is 12.5 Å². The standard InChI is InChI=1S/C28H25F6N5O4/c1-2-19-12-21(20-11-17(27(29,30)31)3-4-23(20)39(19)26(41)42)37-25-36-14-24(43-6-5-40)22(38-25)10-15-7-16(13-35)9-18(8-15)28(32,33)34/h3-4,7-9,11,14,19,21,40H,2,5-6,10,12H2,1H3,(H,41,42)(H,36,37,38)/t19-,21+/m1/s1. The first kappa shape index (κ1) is 31.4. The summed E-state index contributed by atoms with van der Waals surface area (Å²) in [7, 11) is 0. The zero-order valence-electron chi connectivity index (χ0n) is 22.5. The topological polar surface area (TPSA) is 132 Å². The van der Waals surface area contributed by atoms with Crippen LogP contribution in [-0.2, 0) is 18.8 Å². The Kier molecular flexibility index (Phi) is 9.00. The summed E-state index contributed by atoms with van der Waals surface area (Å²) in [5.41, 5.74) is -2.00. The van der Waals surface area contributed by atoms with Crippen molar-refractivity contribution in [1.29, 1.82) is 5.26 Å². The number of benzene rings is 2. The maximum absolute atomic E-state index is 13.6. The van der Waals surface area contributed by atoms with Gasteiger partial charge in [-0.2, -0.15) is 31.6 Å². The van der Waals surface area contributed by atoms with Crippen molar-refractivity contribution in [2.45, 2.75) is 50.6 Å². The SMILES string of the molecule is CC[C@@H]1C[C@H](Nc2ncc(OCCO)c(Cc3cc(C#N)cc(C(F)(F)F)c3)n2)c2cc(C(F)(F)F)ccc2N1C(=O)O. The van der Waals surface area contributed by atoms with Gasteiger partial charge in [-0.05, 0) is 60.4 Å². The number of nitrogens with one attached hydrogen (secondary N) is 1. The highest BCUT2D eigenvalue weighted by atomic mass is 19.4. The second-order valence-electron chi connectivity index (χ2n) is 9.70. The van der Waals surface area contributed by atoms with Crippen LogP contribution >= 0.6 is 0 Å². The van der Waals surface area contributed by atoms with Crippen LogP contribution < -0.4 is 15.0 Å². The Morgan fingerprint density at radius 1 is 1.14 bits per heavy atom. The Labute approximate surface area is 241 Å². The molecule has 1 aliphatic rings. The highest BCUT2D eigenvalue weighted by Gasteiger charge is 2.39. The first-order chi connectivity index (χ1) is 20.2. The molecule has 2 atom stereocenters. The van der Waals surface area contributed by atoms with Gasteiger partial charge in [0.1, 0.15) is 6.61 Å². The first-order valence-electron chi connectivity index (χ1n) is 13.0. The number of alkyl halides is 6. The molecule has 0 saturated heterocycles. The molecule has 3 N–H and O–H groups in total. The number of aliphatic hydroxyl groups is 1. The number of carboxylic acid groups (broad SMARTS) is 1. The lowest BCUT2D eigenvalue weighted by Gasteiger charge is -2.39. The number of anilines is 2. The summed E-state index contributed by atoms with van der Waals surface area (Å²) in [6, 6.07) is 5.80. The van der Waals surface area contributed by atoms with Crippen LogP contribution in [0.15, 0.2) is 42.6 Å². The molecular formula is C28H25F6N5O4. The second kappa shape index (κ2) is 12.3. The minimum atomic E-state index is -4.72. The van der Waals surface area contributed by atoms with Crippen LogP contribution in [0.4, 0.5) is 42.8 Å². The molecule has 1 aliphatic heterocycles. The molecule has 4 rings (SSSR count). The lowest BCUT2D eigenvalue weighted by Crippen LogP contribution is -2.45. The molecule has 43 heavy (non-hydrogen) atoms. The van der Waals surface area contributed by atoms with Gasteiger partial charge in [0.2, 0.25) is 5.95 Å². The number of fused-ring (bicyclic) bond motifs is 1. The predicted molar refractivity (Wildman–Crippen MR) is 141 cm³/mol. The van der Waals surface area contributed by atoms with E-state index >= 15 is 0 Å². The highest BCUT2D eigenvalue weighted by molar-refractivity contribution is 5.89.